The van der Waals surface area contributed by atoms with Crippen LogP contribution in [-0.4, -0.2) is 16.6 Å². The molecule has 116 valence electrons. The van der Waals surface area contributed by atoms with Crippen LogP contribution in [0.2, 0.25) is 5.02 Å². The van der Waals surface area contributed by atoms with Gasteiger partial charge in [-0.15, -0.1) is 17.9 Å². The molecular formula is C17H19ClN2S2. The zero-order valence-corrected chi connectivity index (χ0v) is 15.1. The fourth-order valence-corrected chi connectivity index (χ4v) is 3.55. The third-order valence-electron chi connectivity index (χ3n) is 3.23. The van der Waals surface area contributed by atoms with Crippen molar-refractivity contribution in [3.05, 3.63) is 63.3 Å². The number of hydrogen-bond acceptors (Lipinski definition) is 2. The van der Waals surface area contributed by atoms with E-state index in [0.29, 0.717) is 16.7 Å². The Hall–Kier alpha value is -1.36. The molecule has 0 aliphatic heterocycles. The van der Waals surface area contributed by atoms with E-state index in [1.165, 1.54) is 4.88 Å². The molecule has 2 aromatic rings. The lowest BCUT2D eigenvalue weighted by molar-refractivity contribution is 0.468. The SMILES string of the molecule is C=CCN(Cc1cccs1)C(=S)Nc1c(C)cc(C)cc1Cl. The van der Waals surface area contributed by atoms with Crippen molar-refractivity contribution < 1.29 is 0 Å². The number of thiophene rings is 1. The van der Waals surface area contributed by atoms with Crippen LogP contribution in [0.25, 0.3) is 0 Å². The number of anilines is 1. The summed E-state index contributed by atoms with van der Waals surface area (Å²) in [7, 11) is 0. The zero-order valence-electron chi connectivity index (χ0n) is 12.7. The van der Waals surface area contributed by atoms with Gasteiger partial charge in [-0.05, 0) is 54.7 Å². The molecule has 2 rings (SSSR count). The molecule has 0 radical (unpaired) electrons. The number of aryl methyl sites for hydroxylation is 2. The molecule has 2 nitrogen and oxygen atoms in total. The van der Waals surface area contributed by atoms with Crippen LogP contribution < -0.4 is 5.32 Å². The zero-order chi connectivity index (χ0) is 16.1. The van der Waals surface area contributed by atoms with E-state index < -0.39 is 0 Å². The molecule has 0 saturated heterocycles. The molecule has 0 unspecified atom stereocenters. The number of nitrogens with one attached hydrogen (secondary N) is 1. The number of hydrogen-bond donors (Lipinski definition) is 1. The van der Waals surface area contributed by atoms with E-state index in [4.69, 9.17) is 23.8 Å². The largest absolute Gasteiger partial charge is 0.340 e. The number of halogens is 1. The van der Waals surface area contributed by atoms with Crippen molar-refractivity contribution in [1.82, 2.24) is 4.90 Å². The lowest BCUT2D eigenvalue weighted by Gasteiger charge is -2.25. The summed E-state index contributed by atoms with van der Waals surface area (Å²) in [5, 5.41) is 6.70. The number of nitrogens with zero attached hydrogens (tertiary/aromatic N) is 1. The lowest BCUT2D eigenvalue weighted by atomic mass is 10.1. The summed E-state index contributed by atoms with van der Waals surface area (Å²) in [6, 6.07) is 8.18. The van der Waals surface area contributed by atoms with E-state index in [9.17, 15) is 0 Å². The Bertz CT molecular complexity index is 642. The summed E-state index contributed by atoms with van der Waals surface area (Å²) in [6.45, 7) is 9.32. The Morgan fingerprint density at radius 3 is 2.82 bits per heavy atom. The quantitative estimate of drug-likeness (QED) is 0.573. The average molecular weight is 351 g/mol. The first kappa shape index (κ1) is 17.0. The predicted octanol–water partition coefficient (Wildman–Crippen LogP) is 5.40. The van der Waals surface area contributed by atoms with Gasteiger partial charge in [0.1, 0.15) is 0 Å². The van der Waals surface area contributed by atoms with Crippen LogP contribution >= 0.6 is 35.2 Å². The van der Waals surface area contributed by atoms with Crippen molar-refractivity contribution in [3.63, 3.8) is 0 Å². The van der Waals surface area contributed by atoms with E-state index in [0.717, 1.165) is 23.4 Å². The molecule has 1 heterocycles. The molecule has 0 amide bonds. The highest BCUT2D eigenvalue weighted by Gasteiger charge is 2.13. The minimum Gasteiger partial charge on any atom is -0.340 e. The van der Waals surface area contributed by atoms with Crippen LogP contribution in [0.5, 0.6) is 0 Å². The number of benzene rings is 1. The average Bonchev–Trinajstić information content (AvgIpc) is 2.95. The van der Waals surface area contributed by atoms with Gasteiger partial charge in [-0.25, -0.2) is 0 Å². The van der Waals surface area contributed by atoms with Crippen LogP contribution in [0.15, 0.2) is 42.3 Å². The third-order valence-corrected chi connectivity index (χ3v) is 4.75. The minimum absolute atomic E-state index is 0.655. The summed E-state index contributed by atoms with van der Waals surface area (Å²) in [6.07, 6.45) is 1.85. The van der Waals surface area contributed by atoms with Crippen LogP contribution in [0.1, 0.15) is 16.0 Å². The molecular weight excluding hydrogens is 332 g/mol. The maximum Gasteiger partial charge on any atom is 0.174 e. The van der Waals surface area contributed by atoms with Crippen molar-refractivity contribution in [2.45, 2.75) is 20.4 Å². The molecule has 1 aromatic carbocycles. The van der Waals surface area contributed by atoms with Gasteiger partial charge in [0.15, 0.2) is 5.11 Å². The second-order valence-electron chi connectivity index (χ2n) is 5.12. The summed E-state index contributed by atoms with van der Waals surface area (Å²) in [5.74, 6) is 0. The van der Waals surface area contributed by atoms with Gasteiger partial charge in [-0.3, -0.25) is 0 Å². The van der Waals surface area contributed by atoms with Gasteiger partial charge < -0.3 is 10.2 Å². The van der Waals surface area contributed by atoms with Crippen molar-refractivity contribution in [1.29, 1.82) is 0 Å². The van der Waals surface area contributed by atoms with Gasteiger partial charge in [0.25, 0.3) is 0 Å². The first-order valence-electron chi connectivity index (χ1n) is 6.97. The molecule has 0 atom stereocenters. The van der Waals surface area contributed by atoms with Gasteiger partial charge in [-0.1, -0.05) is 29.8 Å². The highest BCUT2D eigenvalue weighted by molar-refractivity contribution is 7.80. The topological polar surface area (TPSA) is 15.3 Å². The van der Waals surface area contributed by atoms with Gasteiger partial charge in [0.05, 0.1) is 17.3 Å². The smallest absolute Gasteiger partial charge is 0.174 e. The Kier molecular flexibility index (Phi) is 6.00. The molecule has 0 fully saturated rings. The Balaban J connectivity index is 2.16. The fraction of sp³-hybridized carbons (Fsp3) is 0.235. The number of thiocarbonyl (C=S) groups is 1. The maximum atomic E-state index is 6.34. The number of rotatable bonds is 5. The van der Waals surface area contributed by atoms with Crippen molar-refractivity contribution >= 4 is 46.0 Å². The standard InChI is InChI=1S/C17H19ClN2S2/c1-4-7-20(11-14-6-5-8-22-14)17(21)19-16-13(3)9-12(2)10-15(16)18/h4-6,8-10H,1,7,11H2,2-3H3,(H,19,21). The molecule has 0 spiro atoms. The summed E-state index contributed by atoms with van der Waals surface area (Å²) >= 11 is 13.6. The van der Waals surface area contributed by atoms with E-state index in [2.05, 4.69) is 34.3 Å². The van der Waals surface area contributed by atoms with Crippen molar-refractivity contribution in [2.24, 2.45) is 0 Å². The monoisotopic (exact) mass is 350 g/mol. The van der Waals surface area contributed by atoms with E-state index >= 15 is 0 Å². The second kappa shape index (κ2) is 7.77. The van der Waals surface area contributed by atoms with Crippen LogP contribution in [0, 0.1) is 13.8 Å². The molecule has 1 N–H and O–H groups in total. The second-order valence-corrected chi connectivity index (χ2v) is 6.94. The molecule has 1 aromatic heterocycles. The molecule has 22 heavy (non-hydrogen) atoms. The predicted molar refractivity (Wildman–Crippen MR) is 102 cm³/mol. The summed E-state index contributed by atoms with van der Waals surface area (Å²) in [4.78, 5) is 3.33. The van der Waals surface area contributed by atoms with Crippen LogP contribution in [-0.2, 0) is 6.54 Å². The van der Waals surface area contributed by atoms with Crippen LogP contribution in [0.4, 0.5) is 5.69 Å². The van der Waals surface area contributed by atoms with E-state index in [1.54, 1.807) is 11.3 Å². The highest BCUT2D eigenvalue weighted by Crippen LogP contribution is 2.27. The molecule has 0 bridgehead atoms. The summed E-state index contributed by atoms with van der Waals surface area (Å²) < 4.78 is 0. The maximum absolute atomic E-state index is 6.34. The third kappa shape index (κ3) is 4.32. The molecule has 0 saturated carbocycles. The molecule has 5 heteroatoms. The molecule has 0 aliphatic rings. The van der Waals surface area contributed by atoms with E-state index in [-0.39, 0.29) is 0 Å². The first-order chi connectivity index (χ1) is 10.5. The Labute approximate surface area is 146 Å². The summed E-state index contributed by atoms with van der Waals surface area (Å²) in [5.41, 5.74) is 3.10. The Morgan fingerprint density at radius 2 is 2.23 bits per heavy atom. The van der Waals surface area contributed by atoms with Gasteiger partial charge in [0.2, 0.25) is 0 Å². The lowest BCUT2D eigenvalue weighted by Crippen LogP contribution is -2.34. The minimum atomic E-state index is 0.655. The normalized spacial score (nSPS) is 10.3. The molecule has 0 aliphatic carbocycles. The Morgan fingerprint density at radius 1 is 1.45 bits per heavy atom. The van der Waals surface area contributed by atoms with Gasteiger partial charge >= 0.3 is 0 Å². The first-order valence-corrected chi connectivity index (χ1v) is 8.63. The fourth-order valence-electron chi connectivity index (χ4n) is 2.23. The highest BCUT2D eigenvalue weighted by atomic mass is 35.5. The van der Waals surface area contributed by atoms with Crippen molar-refractivity contribution in [3.8, 4) is 0 Å². The van der Waals surface area contributed by atoms with Gasteiger partial charge in [0, 0.05) is 11.4 Å². The van der Waals surface area contributed by atoms with Gasteiger partial charge in [-0.2, -0.15) is 0 Å². The van der Waals surface area contributed by atoms with Crippen molar-refractivity contribution in [2.75, 3.05) is 11.9 Å². The van der Waals surface area contributed by atoms with E-state index in [1.807, 2.05) is 32.1 Å². The van der Waals surface area contributed by atoms with Crippen LogP contribution in [0.3, 0.4) is 0 Å².